The van der Waals surface area contributed by atoms with Crippen LogP contribution in [0.3, 0.4) is 0 Å². The highest BCUT2D eigenvalue weighted by Crippen LogP contribution is 2.29. The van der Waals surface area contributed by atoms with E-state index in [0.717, 1.165) is 5.56 Å². The Balaban J connectivity index is 2.19. The lowest BCUT2D eigenvalue weighted by Crippen LogP contribution is -2.30. The molecule has 4 heteroatoms. The van der Waals surface area contributed by atoms with Gasteiger partial charge in [0.25, 0.3) is 0 Å². The maximum Gasteiger partial charge on any atom is 0.123 e. The molecule has 0 radical (unpaired) electrons. The molecule has 2 aromatic rings. The summed E-state index contributed by atoms with van der Waals surface area (Å²) in [6.45, 7) is 1.69. The number of hydrogen-bond acceptors (Lipinski definition) is 1. The first-order valence-electron chi connectivity index (χ1n) is 6.27. The lowest BCUT2D eigenvalue weighted by atomic mass is 9.90. The smallest absolute Gasteiger partial charge is 0.123 e. The molecule has 0 amide bonds. The molecule has 1 nitrogen and oxygen atoms in total. The summed E-state index contributed by atoms with van der Waals surface area (Å²) in [5.41, 5.74) is 0.387. The Labute approximate surface area is 128 Å². The molecule has 1 atom stereocenters. The first-order chi connectivity index (χ1) is 9.37. The Morgan fingerprint density at radius 2 is 1.65 bits per heavy atom. The van der Waals surface area contributed by atoms with E-state index in [1.165, 1.54) is 12.1 Å². The van der Waals surface area contributed by atoms with Gasteiger partial charge in [-0.25, -0.2) is 4.39 Å². The Morgan fingerprint density at radius 1 is 1.05 bits per heavy atom. The lowest BCUT2D eigenvalue weighted by molar-refractivity contribution is 0.0608. The van der Waals surface area contributed by atoms with E-state index in [1.807, 2.05) is 0 Å². The minimum Gasteiger partial charge on any atom is -0.389 e. The van der Waals surface area contributed by atoms with Crippen molar-refractivity contribution in [2.45, 2.75) is 25.4 Å². The SMILES string of the molecule is CC(O)(Cc1cccc(F)c1)Cc1c(Cl)cccc1Cl. The maximum absolute atomic E-state index is 13.2. The molecule has 0 saturated heterocycles. The molecular formula is C16H15Cl2FO. The summed E-state index contributed by atoms with van der Waals surface area (Å²) in [4.78, 5) is 0. The van der Waals surface area contributed by atoms with Crippen LogP contribution in [0.5, 0.6) is 0 Å². The predicted octanol–water partition coefficient (Wildman–Crippen LogP) is 4.67. The van der Waals surface area contributed by atoms with Crippen molar-refractivity contribution in [3.8, 4) is 0 Å². The van der Waals surface area contributed by atoms with Crippen molar-refractivity contribution < 1.29 is 9.50 Å². The van der Waals surface area contributed by atoms with Crippen molar-refractivity contribution in [1.82, 2.24) is 0 Å². The summed E-state index contributed by atoms with van der Waals surface area (Å²) in [6.07, 6.45) is 0.633. The van der Waals surface area contributed by atoms with E-state index >= 15 is 0 Å². The van der Waals surface area contributed by atoms with Gasteiger partial charge < -0.3 is 5.11 Å². The van der Waals surface area contributed by atoms with Crippen LogP contribution in [0.2, 0.25) is 10.0 Å². The molecule has 0 fully saturated rings. The summed E-state index contributed by atoms with van der Waals surface area (Å²) in [6, 6.07) is 11.4. The number of aliphatic hydroxyl groups is 1. The second-order valence-corrected chi connectivity index (χ2v) is 6.00. The second-order valence-electron chi connectivity index (χ2n) is 5.18. The van der Waals surface area contributed by atoms with E-state index in [-0.39, 0.29) is 5.82 Å². The van der Waals surface area contributed by atoms with Crippen LogP contribution in [0.1, 0.15) is 18.1 Å². The molecule has 20 heavy (non-hydrogen) atoms. The van der Waals surface area contributed by atoms with Crippen LogP contribution in [0.15, 0.2) is 42.5 Å². The van der Waals surface area contributed by atoms with Gasteiger partial charge in [0.2, 0.25) is 0 Å². The van der Waals surface area contributed by atoms with Gasteiger partial charge in [0.1, 0.15) is 5.82 Å². The first-order valence-corrected chi connectivity index (χ1v) is 7.03. The van der Waals surface area contributed by atoms with Gasteiger partial charge in [-0.2, -0.15) is 0 Å². The fraction of sp³-hybridized carbons (Fsp3) is 0.250. The van der Waals surface area contributed by atoms with E-state index in [9.17, 15) is 9.50 Å². The van der Waals surface area contributed by atoms with Gasteiger partial charge >= 0.3 is 0 Å². The maximum atomic E-state index is 13.2. The summed E-state index contributed by atoms with van der Waals surface area (Å²) >= 11 is 12.2. The van der Waals surface area contributed by atoms with Gasteiger partial charge in [0.15, 0.2) is 0 Å². The molecule has 0 saturated carbocycles. The van der Waals surface area contributed by atoms with E-state index in [0.29, 0.717) is 28.5 Å². The summed E-state index contributed by atoms with van der Waals surface area (Å²) in [7, 11) is 0. The monoisotopic (exact) mass is 312 g/mol. The summed E-state index contributed by atoms with van der Waals surface area (Å²) < 4.78 is 13.2. The van der Waals surface area contributed by atoms with Gasteiger partial charge in [0.05, 0.1) is 5.60 Å². The lowest BCUT2D eigenvalue weighted by Gasteiger charge is -2.24. The molecule has 0 aliphatic carbocycles. The Kier molecular flexibility index (Phi) is 4.69. The highest BCUT2D eigenvalue weighted by atomic mass is 35.5. The third kappa shape index (κ3) is 3.95. The van der Waals surface area contributed by atoms with Crippen LogP contribution in [0.4, 0.5) is 4.39 Å². The van der Waals surface area contributed by atoms with Crippen LogP contribution in [0, 0.1) is 5.82 Å². The molecule has 0 aliphatic rings. The van der Waals surface area contributed by atoms with Gasteiger partial charge in [-0.05, 0) is 42.3 Å². The highest BCUT2D eigenvalue weighted by molar-refractivity contribution is 6.36. The molecule has 0 aliphatic heterocycles. The van der Waals surface area contributed by atoms with Crippen molar-refractivity contribution in [3.63, 3.8) is 0 Å². The van der Waals surface area contributed by atoms with Gasteiger partial charge in [-0.15, -0.1) is 0 Å². The molecule has 106 valence electrons. The van der Waals surface area contributed by atoms with Crippen LogP contribution in [0.25, 0.3) is 0 Å². The Hall–Kier alpha value is -1.09. The average Bonchev–Trinajstić information content (AvgIpc) is 2.33. The number of rotatable bonds is 4. The number of hydrogen-bond donors (Lipinski definition) is 1. The molecule has 1 unspecified atom stereocenters. The number of benzene rings is 2. The van der Waals surface area contributed by atoms with Crippen LogP contribution >= 0.6 is 23.2 Å². The van der Waals surface area contributed by atoms with Crippen LogP contribution in [-0.2, 0) is 12.8 Å². The second kappa shape index (κ2) is 6.13. The zero-order valence-corrected chi connectivity index (χ0v) is 12.5. The average molecular weight is 313 g/mol. The van der Waals surface area contributed by atoms with E-state index in [2.05, 4.69) is 0 Å². The topological polar surface area (TPSA) is 20.2 Å². The van der Waals surface area contributed by atoms with E-state index in [1.54, 1.807) is 37.3 Å². The molecule has 0 spiro atoms. The third-order valence-electron chi connectivity index (χ3n) is 3.09. The molecule has 1 N–H and O–H groups in total. The molecule has 2 aromatic carbocycles. The minimum absolute atomic E-state index is 0.308. The molecule has 2 rings (SSSR count). The van der Waals surface area contributed by atoms with Gasteiger partial charge in [-0.3, -0.25) is 0 Å². The van der Waals surface area contributed by atoms with Crippen molar-refractivity contribution in [3.05, 3.63) is 69.5 Å². The van der Waals surface area contributed by atoms with Crippen molar-refractivity contribution >= 4 is 23.2 Å². The summed E-state index contributed by atoms with van der Waals surface area (Å²) in [5, 5.41) is 11.6. The molecular weight excluding hydrogens is 298 g/mol. The zero-order valence-electron chi connectivity index (χ0n) is 11.0. The fourth-order valence-corrected chi connectivity index (χ4v) is 2.76. The Morgan fingerprint density at radius 3 is 2.25 bits per heavy atom. The highest BCUT2D eigenvalue weighted by Gasteiger charge is 2.24. The first kappa shape index (κ1) is 15.3. The molecule has 0 bridgehead atoms. The predicted molar refractivity (Wildman–Crippen MR) is 80.9 cm³/mol. The fourth-order valence-electron chi connectivity index (χ4n) is 2.23. The largest absolute Gasteiger partial charge is 0.389 e. The quantitative estimate of drug-likeness (QED) is 0.870. The number of halogens is 3. The molecule has 0 aromatic heterocycles. The molecule has 0 heterocycles. The minimum atomic E-state index is -1.05. The third-order valence-corrected chi connectivity index (χ3v) is 3.80. The van der Waals surface area contributed by atoms with Gasteiger partial charge in [0, 0.05) is 22.9 Å². The van der Waals surface area contributed by atoms with Crippen molar-refractivity contribution in [1.29, 1.82) is 0 Å². The zero-order chi connectivity index (χ0) is 14.8. The Bertz CT molecular complexity index is 591. The normalized spacial score (nSPS) is 14.1. The van der Waals surface area contributed by atoms with Crippen LogP contribution < -0.4 is 0 Å². The van der Waals surface area contributed by atoms with Crippen molar-refractivity contribution in [2.24, 2.45) is 0 Å². The van der Waals surface area contributed by atoms with Crippen molar-refractivity contribution in [2.75, 3.05) is 0 Å². The summed E-state index contributed by atoms with van der Waals surface area (Å²) in [5.74, 6) is -0.311. The van der Waals surface area contributed by atoms with E-state index in [4.69, 9.17) is 23.2 Å². The van der Waals surface area contributed by atoms with Crippen LogP contribution in [-0.4, -0.2) is 10.7 Å². The van der Waals surface area contributed by atoms with Gasteiger partial charge in [-0.1, -0.05) is 41.4 Å². The van der Waals surface area contributed by atoms with E-state index < -0.39 is 5.60 Å². The standard InChI is InChI=1S/C16H15Cl2FO/c1-16(20,9-11-4-2-5-12(19)8-11)10-13-14(17)6-3-7-15(13)18/h2-8,20H,9-10H2,1H3.